The predicted octanol–water partition coefficient (Wildman–Crippen LogP) is 5.24. The van der Waals surface area contributed by atoms with Gasteiger partial charge in [0, 0.05) is 0 Å². The molecule has 1 aliphatic heterocycles. The zero-order valence-corrected chi connectivity index (χ0v) is 14.7. The van der Waals surface area contributed by atoms with Crippen molar-refractivity contribution in [3.05, 3.63) is 88.4 Å². The van der Waals surface area contributed by atoms with E-state index >= 15 is 0 Å². The highest BCUT2D eigenvalue weighted by molar-refractivity contribution is 6.36. The summed E-state index contributed by atoms with van der Waals surface area (Å²) in [5, 5.41) is 0.319. The van der Waals surface area contributed by atoms with Crippen molar-refractivity contribution in [3.63, 3.8) is 0 Å². The van der Waals surface area contributed by atoms with Crippen LogP contribution in [0.3, 0.4) is 0 Å². The number of fused-ring (bicyclic) bond motifs is 1. The number of benzene rings is 3. The minimum atomic E-state index is -0.387. The lowest BCUT2D eigenvalue weighted by Crippen LogP contribution is -2.29. The van der Waals surface area contributed by atoms with Gasteiger partial charge in [-0.2, -0.15) is 0 Å². The van der Waals surface area contributed by atoms with Crippen molar-refractivity contribution in [2.45, 2.75) is 6.92 Å². The summed E-state index contributed by atoms with van der Waals surface area (Å²) in [5.74, 6) is 0.0670. The predicted molar refractivity (Wildman–Crippen MR) is 100 cm³/mol. The highest BCUT2D eigenvalue weighted by atomic mass is 35.5. The average molecular weight is 364 g/mol. The summed E-state index contributed by atoms with van der Waals surface area (Å²) in [6.45, 7) is 1.98. The molecule has 2 amide bonds. The number of para-hydroxylation sites is 1. The summed E-state index contributed by atoms with van der Waals surface area (Å²) in [6.07, 6.45) is 0. The molecular formula is C21H14ClNO3. The quantitative estimate of drug-likeness (QED) is 0.598. The van der Waals surface area contributed by atoms with Gasteiger partial charge < -0.3 is 4.74 Å². The lowest BCUT2D eigenvalue weighted by molar-refractivity contribution is 0.0925. The molecule has 0 unspecified atom stereocenters. The number of ether oxygens (including phenoxy) is 1. The van der Waals surface area contributed by atoms with Crippen LogP contribution in [0.2, 0.25) is 5.02 Å². The molecule has 3 aromatic rings. The molecular weight excluding hydrogens is 350 g/mol. The molecule has 0 bridgehead atoms. The Morgan fingerprint density at radius 1 is 0.808 bits per heavy atom. The van der Waals surface area contributed by atoms with Crippen LogP contribution < -0.4 is 9.64 Å². The van der Waals surface area contributed by atoms with Crippen molar-refractivity contribution in [3.8, 4) is 11.5 Å². The Bertz CT molecular complexity index is 993. The summed E-state index contributed by atoms with van der Waals surface area (Å²) in [5.41, 5.74) is 2.17. The first-order chi connectivity index (χ1) is 12.6. The summed E-state index contributed by atoms with van der Waals surface area (Å²) in [4.78, 5) is 26.7. The molecule has 1 aliphatic rings. The first kappa shape index (κ1) is 16.4. The molecule has 0 saturated heterocycles. The van der Waals surface area contributed by atoms with Gasteiger partial charge in [0.1, 0.15) is 5.75 Å². The smallest absolute Gasteiger partial charge is 0.266 e. The summed E-state index contributed by atoms with van der Waals surface area (Å²) < 4.78 is 5.93. The number of nitrogens with zero attached hydrogens (tertiary/aromatic N) is 1. The zero-order valence-electron chi connectivity index (χ0n) is 13.9. The monoisotopic (exact) mass is 363 g/mol. The zero-order chi connectivity index (χ0) is 18.3. The minimum absolute atomic E-state index is 0.271. The fourth-order valence-corrected chi connectivity index (χ4v) is 3.11. The fraction of sp³-hybridized carbons (Fsp3) is 0.0476. The van der Waals surface area contributed by atoms with Gasteiger partial charge >= 0.3 is 0 Å². The third kappa shape index (κ3) is 2.65. The van der Waals surface area contributed by atoms with E-state index in [1.165, 1.54) is 0 Å². The van der Waals surface area contributed by atoms with Gasteiger partial charge in [0.2, 0.25) is 0 Å². The maximum atomic E-state index is 12.8. The Hall–Kier alpha value is -3.11. The fourth-order valence-electron chi connectivity index (χ4n) is 2.91. The molecule has 26 heavy (non-hydrogen) atoms. The SMILES string of the molecule is Cc1ccc(Oc2c(Cl)cccc2N2C(=O)c3ccccc3C2=O)cc1. The highest BCUT2D eigenvalue weighted by Crippen LogP contribution is 2.41. The van der Waals surface area contributed by atoms with Crippen molar-refractivity contribution in [1.29, 1.82) is 0 Å². The molecule has 4 rings (SSSR count). The Balaban J connectivity index is 1.79. The van der Waals surface area contributed by atoms with Crippen molar-refractivity contribution in [2.75, 3.05) is 4.90 Å². The van der Waals surface area contributed by atoms with Crippen LogP contribution in [-0.4, -0.2) is 11.8 Å². The number of anilines is 1. The molecule has 0 aromatic heterocycles. The Kier molecular flexibility index (Phi) is 3.98. The van der Waals surface area contributed by atoms with Gasteiger partial charge in [-0.25, -0.2) is 4.90 Å². The van der Waals surface area contributed by atoms with Crippen LogP contribution in [0.1, 0.15) is 26.3 Å². The third-order valence-electron chi connectivity index (χ3n) is 4.22. The maximum Gasteiger partial charge on any atom is 0.266 e. The Morgan fingerprint density at radius 3 is 2.04 bits per heavy atom. The molecule has 0 aliphatic carbocycles. The molecule has 0 spiro atoms. The summed E-state index contributed by atoms with van der Waals surface area (Å²) in [7, 11) is 0. The number of amides is 2. The second-order valence-corrected chi connectivity index (χ2v) is 6.40. The molecule has 0 saturated carbocycles. The van der Waals surface area contributed by atoms with E-state index in [1.54, 1.807) is 42.5 Å². The topological polar surface area (TPSA) is 46.6 Å². The summed E-state index contributed by atoms with van der Waals surface area (Å²) in [6, 6.07) is 19.2. The van der Waals surface area contributed by atoms with Crippen molar-refractivity contribution >= 4 is 29.1 Å². The van der Waals surface area contributed by atoms with Gasteiger partial charge in [-0.05, 0) is 43.3 Å². The van der Waals surface area contributed by atoms with Crippen LogP contribution in [0, 0.1) is 6.92 Å². The molecule has 128 valence electrons. The lowest BCUT2D eigenvalue weighted by Gasteiger charge is -2.19. The van der Waals surface area contributed by atoms with Crippen LogP contribution in [0.5, 0.6) is 11.5 Å². The van der Waals surface area contributed by atoms with Crippen molar-refractivity contribution in [2.24, 2.45) is 0 Å². The third-order valence-corrected chi connectivity index (χ3v) is 4.52. The minimum Gasteiger partial charge on any atom is -0.454 e. The first-order valence-corrected chi connectivity index (χ1v) is 8.45. The number of hydrogen-bond acceptors (Lipinski definition) is 3. The normalized spacial score (nSPS) is 13.1. The van der Waals surface area contributed by atoms with Crippen LogP contribution in [-0.2, 0) is 0 Å². The van der Waals surface area contributed by atoms with Crippen LogP contribution >= 0.6 is 11.6 Å². The standard InChI is InChI=1S/C21H14ClNO3/c1-13-9-11-14(12-10-13)26-19-17(22)7-4-8-18(19)23-20(24)15-5-2-3-6-16(15)21(23)25/h2-12H,1H3. The number of halogens is 1. The van der Waals surface area contributed by atoms with Crippen LogP contribution in [0.25, 0.3) is 0 Å². The number of hydrogen-bond donors (Lipinski definition) is 0. The van der Waals surface area contributed by atoms with E-state index < -0.39 is 0 Å². The highest BCUT2D eigenvalue weighted by Gasteiger charge is 2.38. The first-order valence-electron chi connectivity index (χ1n) is 8.07. The van der Waals surface area contributed by atoms with Gasteiger partial charge in [0.25, 0.3) is 11.8 Å². The van der Waals surface area contributed by atoms with Gasteiger partial charge in [0.05, 0.1) is 21.8 Å². The largest absolute Gasteiger partial charge is 0.454 e. The molecule has 0 fully saturated rings. The van der Waals surface area contributed by atoms with Crippen molar-refractivity contribution < 1.29 is 14.3 Å². The van der Waals surface area contributed by atoms with Crippen molar-refractivity contribution in [1.82, 2.24) is 0 Å². The molecule has 0 N–H and O–H groups in total. The molecule has 1 heterocycles. The van der Waals surface area contributed by atoms with E-state index in [1.807, 2.05) is 31.2 Å². The van der Waals surface area contributed by atoms with Gasteiger partial charge in [-0.15, -0.1) is 0 Å². The van der Waals surface area contributed by atoms with E-state index in [-0.39, 0.29) is 17.6 Å². The summed E-state index contributed by atoms with van der Waals surface area (Å²) >= 11 is 6.32. The number of aryl methyl sites for hydroxylation is 1. The number of imide groups is 1. The van der Waals surface area contributed by atoms with Gasteiger partial charge in [0.15, 0.2) is 5.75 Å². The van der Waals surface area contributed by atoms with Gasteiger partial charge in [-0.1, -0.05) is 47.5 Å². The molecule has 0 radical (unpaired) electrons. The number of carbonyl (C=O) groups is 2. The molecule has 3 aromatic carbocycles. The van der Waals surface area contributed by atoms with E-state index in [0.717, 1.165) is 10.5 Å². The second-order valence-electron chi connectivity index (χ2n) is 5.99. The van der Waals surface area contributed by atoms with Crippen LogP contribution in [0.15, 0.2) is 66.7 Å². The van der Waals surface area contributed by atoms with Crippen LogP contribution in [0.4, 0.5) is 5.69 Å². The average Bonchev–Trinajstić information content (AvgIpc) is 2.90. The maximum absolute atomic E-state index is 12.8. The lowest BCUT2D eigenvalue weighted by atomic mass is 10.1. The molecule has 5 heteroatoms. The van der Waals surface area contributed by atoms with E-state index in [4.69, 9.17) is 16.3 Å². The Labute approximate surface area is 155 Å². The Morgan fingerprint density at radius 2 is 1.42 bits per heavy atom. The number of carbonyl (C=O) groups excluding carboxylic acids is 2. The molecule has 4 nitrogen and oxygen atoms in total. The second kappa shape index (κ2) is 6.32. The molecule has 0 atom stereocenters. The van der Waals surface area contributed by atoms with Gasteiger partial charge in [-0.3, -0.25) is 9.59 Å². The van der Waals surface area contributed by atoms with E-state index in [2.05, 4.69) is 0 Å². The van der Waals surface area contributed by atoms with E-state index in [9.17, 15) is 9.59 Å². The van der Waals surface area contributed by atoms with E-state index in [0.29, 0.717) is 27.6 Å². The number of rotatable bonds is 3.